The van der Waals surface area contributed by atoms with E-state index in [1.807, 2.05) is 12.1 Å². The minimum absolute atomic E-state index is 0.0389. The number of nitrogens with two attached hydrogens (primary N) is 1. The van der Waals surface area contributed by atoms with E-state index in [-0.39, 0.29) is 17.0 Å². The molecule has 0 unspecified atom stereocenters. The summed E-state index contributed by atoms with van der Waals surface area (Å²) < 4.78 is 32.5. The third-order valence-corrected chi connectivity index (χ3v) is 6.52. The van der Waals surface area contributed by atoms with Gasteiger partial charge in [-0.3, -0.25) is 4.79 Å². The van der Waals surface area contributed by atoms with Crippen molar-refractivity contribution in [1.82, 2.24) is 4.31 Å². The van der Waals surface area contributed by atoms with E-state index in [4.69, 9.17) is 10.2 Å². The highest BCUT2D eigenvalue weighted by molar-refractivity contribution is 7.89. The van der Waals surface area contributed by atoms with Crippen LogP contribution < -0.4 is 5.73 Å². The molecular formula is C18H22N2O4S. The number of hydrogen-bond acceptors (Lipinski definition) is 4. The molecule has 2 atom stereocenters. The van der Waals surface area contributed by atoms with Crippen molar-refractivity contribution in [3.8, 4) is 0 Å². The molecule has 2 N–H and O–H groups in total. The molecule has 7 heteroatoms. The lowest BCUT2D eigenvalue weighted by Gasteiger charge is -2.17. The van der Waals surface area contributed by atoms with Crippen molar-refractivity contribution in [3.63, 3.8) is 0 Å². The molecule has 0 saturated heterocycles. The Bertz CT molecular complexity index is 917. The van der Waals surface area contributed by atoms with Gasteiger partial charge in [-0.25, -0.2) is 8.42 Å². The first-order valence-corrected chi connectivity index (χ1v) is 9.59. The molecule has 134 valence electrons. The Balaban J connectivity index is 1.80. The average molecular weight is 362 g/mol. The van der Waals surface area contributed by atoms with Crippen molar-refractivity contribution >= 4 is 15.9 Å². The number of amides is 1. The molecule has 25 heavy (non-hydrogen) atoms. The highest BCUT2D eigenvalue weighted by atomic mass is 32.2. The second-order valence-electron chi connectivity index (χ2n) is 6.73. The van der Waals surface area contributed by atoms with Gasteiger partial charge < -0.3 is 10.2 Å². The fraction of sp³-hybridized carbons (Fsp3) is 0.389. The minimum atomic E-state index is -3.75. The molecular weight excluding hydrogens is 340 g/mol. The van der Waals surface area contributed by atoms with Gasteiger partial charge in [0.2, 0.25) is 15.9 Å². The van der Waals surface area contributed by atoms with E-state index in [0.717, 1.165) is 12.2 Å². The molecule has 0 aliphatic heterocycles. The first kappa shape index (κ1) is 17.7. The normalized spacial score (nSPS) is 20.0. The maximum absolute atomic E-state index is 12.8. The number of sulfonamides is 1. The van der Waals surface area contributed by atoms with Crippen LogP contribution in [0.4, 0.5) is 0 Å². The lowest BCUT2D eigenvalue weighted by molar-refractivity contribution is 0.0999. The Morgan fingerprint density at radius 2 is 2.00 bits per heavy atom. The van der Waals surface area contributed by atoms with Gasteiger partial charge in [0.05, 0.1) is 11.4 Å². The van der Waals surface area contributed by atoms with Gasteiger partial charge in [-0.15, -0.1) is 0 Å². The summed E-state index contributed by atoms with van der Waals surface area (Å²) in [6, 6.07) is 8.12. The Kier molecular flexibility index (Phi) is 4.47. The van der Waals surface area contributed by atoms with Gasteiger partial charge in [0.1, 0.15) is 11.5 Å². The smallest absolute Gasteiger partial charge is 0.249 e. The molecule has 2 aromatic rings. The highest BCUT2D eigenvalue weighted by Gasteiger charge is 2.36. The van der Waals surface area contributed by atoms with Gasteiger partial charge in [0.15, 0.2) is 0 Å². The molecule has 3 rings (SSSR count). The van der Waals surface area contributed by atoms with Crippen LogP contribution in [0.2, 0.25) is 0 Å². The average Bonchev–Trinajstić information content (AvgIpc) is 3.09. The zero-order chi connectivity index (χ0) is 18.4. The molecule has 1 heterocycles. The van der Waals surface area contributed by atoms with Crippen molar-refractivity contribution in [2.45, 2.75) is 37.6 Å². The summed E-state index contributed by atoms with van der Waals surface area (Å²) in [6.07, 6.45) is 1.11. The molecule has 1 aliphatic carbocycles. The zero-order valence-electron chi connectivity index (χ0n) is 14.5. The highest BCUT2D eigenvalue weighted by Crippen LogP contribution is 2.47. The lowest BCUT2D eigenvalue weighted by atomic mass is 10.1. The number of hydrogen-bond donors (Lipinski definition) is 1. The van der Waals surface area contributed by atoms with Crippen LogP contribution in [0.15, 0.2) is 39.6 Å². The van der Waals surface area contributed by atoms with Crippen LogP contribution in [0.3, 0.4) is 0 Å². The van der Waals surface area contributed by atoms with Crippen LogP contribution in [-0.2, 0) is 16.6 Å². The van der Waals surface area contributed by atoms with Crippen LogP contribution in [0, 0.1) is 12.8 Å². The van der Waals surface area contributed by atoms with E-state index < -0.39 is 15.9 Å². The van der Waals surface area contributed by atoms with Crippen LogP contribution in [0.5, 0.6) is 0 Å². The lowest BCUT2D eigenvalue weighted by Crippen LogP contribution is -2.27. The monoisotopic (exact) mass is 362 g/mol. The van der Waals surface area contributed by atoms with E-state index in [1.54, 1.807) is 13.0 Å². The summed E-state index contributed by atoms with van der Waals surface area (Å²) in [4.78, 5) is 11.5. The molecule has 1 aliphatic rings. The largest absolute Gasteiger partial charge is 0.464 e. The van der Waals surface area contributed by atoms with Gasteiger partial charge in [0.25, 0.3) is 0 Å². The van der Waals surface area contributed by atoms with Crippen molar-refractivity contribution in [1.29, 1.82) is 0 Å². The Morgan fingerprint density at radius 1 is 1.32 bits per heavy atom. The number of nitrogens with zero attached hydrogens (tertiary/aromatic N) is 1. The van der Waals surface area contributed by atoms with E-state index >= 15 is 0 Å². The molecule has 0 radical (unpaired) electrons. The van der Waals surface area contributed by atoms with Gasteiger partial charge in [0, 0.05) is 18.5 Å². The second-order valence-corrected chi connectivity index (χ2v) is 8.77. The first-order chi connectivity index (χ1) is 11.7. The number of rotatable bonds is 6. The fourth-order valence-electron chi connectivity index (χ4n) is 2.91. The SMILES string of the molecule is Cc1ccc(S(=O)(=O)N(C)Cc2ccc([C@@H]3C[C@H]3C)o2)cc1C(N)=O. The summed E-state index contributed by atoms with van der Waals surface area (Å²) in [6.45, 7) is 4.00. The van der Waals surface area contributed by atoms with Crippen LogP contribution >= 0.6 is 0 Å². The molecule has 0 spiro atoms. The van der Waals surface area contributed by atoms with Crippen LogP contribution in [-0.4, -0.2) is 25.7 Å². The maximum atomic E-state index is 12.8. The molecule has 1 amide bonds. The third-order valence-electron chi connectivity index (χ3n) is 4.72. The second kappa shape index (κ2) is 6.31. The third kappa shape index (κ3) is 3.48. The van der Waals surface area contributed by atoms with Gasteiger partial charge in [-0.2, -0.15) is 4.31 Å². The van der Waals surface area contributed by atoms with Crippen molar-refractivity contribution in [2.24, 2.45) is 11.7 Å². The number of benzene rings is 1. The van der Waals surface area contributed by atoms with Crippen molar-refractivity contribution in [2.75, 3.05) is 7.05 Å². The number of furan rings is 1. The predicted octanol–water partition coefficient (Wildman–Crippen LogP) is 2.63. The predicted molar refractivity (Wildman–Crippen MR) is 93.6 cm³/mol. The quantitative estimate of drug-likeness (QED) is 0.855. The fourth-order valence-corrected chi connectivity index (χ4v) is 4.07. The summed E-state index contributed by atoms with van der Waals surface area (Å²) in [5.74, 6) is 1.94. The molecule has 1 saturated carbocycles. The summed E-state index contributed by atoms with van der Waals surface area (Å²) in [7, 11) is -2.26. The zero-order valence-corrected chi connectivity index (χ0v) is 15.3. The van der Waals surface area contributed by atoms with E-state index in [2.05, 4.69) is 6.92 Å². The molecule has 1 aromatic carbocycles. The molecule has 1 fully saturated rings. The molecule has 1 aromatic heterocycles. The topological polar surface area (TPSA) is 93.6 Å². The Hall–Kier alpha value is -2.12. The first-order valence-electron chi connectivity index (χ1n) is 8.15. The summed E-state index contributed by atoms with van der Waals surface area (Å²) in [5, 5.41) is 0. The molecule has 0 bridgehead atoms. The summed E-state index contributed by atoms with van der Waals surface area (Å²) >= 11 is 0. The van der Waals surface area contributed by atoms with Crippen LogP contribution in [0.25, 0.3) is 0 Å². The van der Waals surface area contributed by atoms with Gasteiger partial charge >= 0.3 is 0 Å². The molecule has 6 nitrogen and oxygen atoms in total. The van der Waals surface area contributed by atoms with Crippen LogP contribution in [0.1, 0.15) is 46.7 Å². The van der Waals surface area contributed by atoms with E-state index in [0.29, 0.717) is 23.2 Å². The Morgan fingerprint density at radius 3 is 2.60 bits per heavy atom. The van der Waals surface area contributed by atoms with E-state index in [1.165, 1.54) is 23.5 Å². The minimum Gasteiger partial charge on any atom is -0.464 e. The number of carbonyl (C=O) groups is 1. The van der Waals surface area contributed by atoms with Crippen molar-refractivity contribution in [3.05, 3.63) is 53.0 Å². The maximum Gasteiger partial charge on any atom is 0.249 e. The van der Waals surface area contributed by atoms with E-state index in [9.17, 15) is 13.2 Å². The number of aryl methyl sites for hydroxylation is 1. The van der Waals surface area contributed by atoms with Gasteiger partial charge in [-0.1, -0.05) is 13.0 Å². The standard InChI is InChI=1S/C18H22N2O4S/c1-11-4-6-14(9-16(11)18(19)21)25(22,23)20(3)10-13-5-7-17(24-13)15-8-12(15)2/h4-7,9,12,15H,8,10H2,1-3H3,(H2,19,21)/t12-,15-/m1/s1. The Labute approximate surface area is 147 Å². The van der Waals surface area contributed by atoms with Crippen molar-refractivity contribution < 1.29 is 17.6 Å². The number of primary amides is 1. The summed E-state index contributed by atoms with van der Waals surface area (Å²) in [5.41, 5.74) is 6.16. The number of carbonyl (C=O) groups excluding carboxylic acids is 1. The van der Waals surface area contributed by atoms with Gasteiger partial charge in [-0.05, 0) is 49.1 Å².